The summed E-state index contributed by atoms with van der Waals surface area (Å²) < 4.78 is 4.87. The number of hydrogen-bond acceptors (Lipinski definition) is 4. The van der Waals surface area contributed by atoms with Crippen LogP contribution >= 0.6 is 0 Å². The summed E-state index contributed by atoms with van der Waals surface area (Å²) in [6.07, 6.45) is 3.13. The van der Waals surface area contributed by atoms with Gasteiger partial charge in [0.1, 0.15) is 0 Å². The van der Waals surface area contributed by atoms with Crippen LogP contribution in [0.1, 0.15) is 33.1 Å². The molecule has 2 aliphatic heterocycles. The third-order valence-electron chi connectivity index (χ3n) is 5.15. The molecule has 3 rings (SSSR count). The van der Waals surface area contributed by atoms with Gasteiger partial charge in [0.05, 0.1) is 7.11 Å². The standard InChI is InChI=1S/C13H21NO3/c1-13(2)8-4-5-9-10(12(15)16-3)17-14(7-6-8)11(9)13/h8-11H,4-7H2,1-3H3/t8-,9+,10-,11-/m0/s1. The maximum atomic E-state index is 11.8. The molecule has 17 heavy (non-hydrogen) atoms. The first-order valence-electron chi connectivity index (χ1n) is 6.57. The summed E-state index contributed by atoms with van der Waals surface area (Å²) in [6.45, 7) is 5.61. The van der Waals surface area contributed by atoms with E-state index in [0.717, 1.165) is 18.9 Å². The summed E-state index contributed by atoms with van der Waals surface area (Å²) in [6, 6.07) is 0.388. The van der Waals surface area contributed by atoms with Crippen molar-refractivity contribution in [3.8, 4) is 0 Å². The zero-order valence-corrected chi connectivity index (χ0v) is 10.8. The highest BCUT2D eigenvalue weighted by Crippen LogP contribution is 2.54. The molecule has 4 atom stereocenters. The number of hydroxylamine groups is 2. The van der Waals surface area contributed by atoms with Crippen molar-refractivity contribution in [1.29, 1.82) is 0 Å². The van der Waals surface area contributed by atoms with Crippen LogP contribution < -0.4 is 0 Å². The Morgan fingerprint density at radius 2 is 2.12 bits per heavy atom. The van der Waals surface area contributed by atoms with Crippen molar-refractivity contribution in [2.45, 2.75) is 45.3 Å². The van der Waals surface area contributed by atoms with E-state index < -0.39 is 0 Å². The van der Waals surface area contributed by atoms with Gasteiger partial charge in [-0.2, -0.15) is 5.06 Å². The van der Waals surface area contributed by atoms with Gasteiger partial charge >= 0.3 is 5.97 Å². The van der Waals surface area contributed by atoms with Crippen LogP contribution in [0.15, 0.2) is 0 Å². The number of rotatable bonds is 1. The monoisotopic (exact) mass is 239 g/mol. The summed E-state index contributed by atoms with van der Waals surface area (Å²) in [7, 11) is 1.44. The molecule has 0 amide bonds. The number of ether oxygens (including phenoxy) is 1. The van der Waals surface area contributed by atoms with Crippen molar-refractivity contribution in [2.24, 2.45) is 17.3 Å². The minimum Gasteiger partial charge on any atom is -0.467 e. The van der Waals surface area contributed by atoms with Crippen molar-refractivity contribution in [3.05, 3.63) is 0 Å². The first-order valence-corrected chi connectivity index (χ1v) is 6.57. The quantitative estimate of drug-likeness (QED) is 0.652. The highest BCUT2D eigenvalue weighted by atomic mass is 16.7. The van der Waals surface area contributed by atoms with E-state index in [-0.39, 0.29) is 17.5 Å². The summed E-state index contributed by atoms with van der Waals surface area (Å²) in [4.78, 5) is 17.6. The van der Waals surface area contributed by atoms with Gasteiger partial charge in [-0.3, -0.25) is 4.84 Å². The Hall–Kier alpha value is -0.610. The molecule has 0 aromatic rings. The van der Waals surface area contributed by atoms with E-state index >= 15 is 0 Å². The fourth-order valence-electron chi connectivity index (χ4n) is 4.23. The molecule has 0 N–H and O–H groups in total. The van der Waals surface area contributed by atoms with Gasteiger partial charge in [0.25, 0.3) is 0 Å². The van der Waals surface area contributed by atoms with Crippen molar-refractivity contribution >= 4 is 5.97 Å². The highest BCUT2D eigenvalue weighted by molar-refractivity contribution is 5.75. The maximum absolute atomic E-state index is 11.8. The Balaban J connectivity index is 1.92. The highest BCUT2D eigenvalue weighted by Gasteiger charge is 2.59. The smallest absolute Gasteiger partial charge is 0.337 e. The normalized spacial score (nSPS) is 43.5. The number of hydrogen-bond donors (Lipinski definition) is 0. The predicted molar refractivity (Wildman–Crippen MR) is 62.0 cm³/mol. The fourth-order valence-corrected chi connectivity index (χ4v) is 4.23. The second-order valence-electron chi connectivity index (χ2n) is 6.18. The van der Waals surface area contributed by atoms with Gasteiger partial charge in [-0.05, 0) is 30.6 Å². The molecular formula is C13H21NO3. The summed E-state index contributed by atoms with van der Waals surface area (Å²) in [5, 5.41) is 2.06. The van der Waals surface area contributed by atoms with Crippen LogP contribution in [0.3, 0.4) is 0 Å². The molecule has 0 unspecified atom stereocenters. The van der Waals surface area contributed by atoms with Gasteiger partial charge in [-0.25, -0.2) is 4.79 Å². The Kier molecular flexibility index (Phi) is 2.49. The van der Waals surface area contributed by atoms with E-state index in [1.807, 2.05) is 0 Å². The van der Waals surface area contributed by atoms with Crippen molar-refractivity contribution in [3.63, 3.8) is 0 Å². The van der Waals surface area contributed by atoms with Crippen molar-refractivity contribution in [1.82, 2.24) is 5.06 Å². The number of nitrogens with zero attached hydrogens (tertiary/aromatic N) is 1. The van der Waals surface area contributed by atoms with E-state index in [2.05, 4.69) is 18.9 Å². The lowest BCUT2D eigenvalue weighted by Gasteiger charge is -2.52. The molecule has 0 aromatic carbocycles. The van der Waals surface area contributed by atoms with Gasteiger partial charge in [-0.15, -0.1) is 0 Å². The van der Waals surface area contributed by atoms with Gasteiger partial charge in [0.15, 0.2) is 6.10 Å². The van der Waals surface area contributed by atoms with E-state index in [9.17, 15) is 4.79 Å². The molecule has 1 aliphatic carbocycles. The number of piperidine rings is 1. The third kappa shape index (κ3) is 1.47. The SMILES string of the molecule is COC(=O)[C@H]1ON2CC[C@@H]3CC[C@H]1[C@H]2C3(C)C. The zero-order valence-electron chi connectivity index (χ0n) is 10.8. The second kappa shape index (κ2) is 3.69. The minimum absolute atomic E-state index is 0.210. The second-order valence-corrected chi connectivity index (χ2v) is 6.18. The van der Waals surface area contributed by atoms with Crippen molar-refractivity contribution < 1.29 is 14.4 Å². The summed E-state index contributed by atoms with van der Waals surface area (Å²) in [5.74, 6) is 0.882. The lowest BCUT2D eigenvalue weighted by atomic mass is 9.58. The Morgan fingerprint density at radius 1 is 1.35 bits per heavy atom. The van der Waals surface area contributed by atoms with Crippen LogP contribution in [-0.4, -0.2) is 36.8 Å². The third-order valence-corrected chi connectivity index (χ3v) is 5.15. The minimum atomic E-state index is -0.372. The molecule has 0 radical (unpaired) electrons. The van der Waals surface area contributed by atoms with Crippen LogP contribution in [0.4, 0.5) is 0 Å². The van der Waals surface area contributed by atoms with Crippen molar-refractivity contribution in [2.75, 3.05) is 13.7 Å². The average Bonchev–Trinajstić information content (AvgIpc) is 2.67. The van der Waals surface area contributed by atoms with E-state index in [0.29, 0.717) is 12.0 Å². The topological polar surface area (TPSA) is 38.8 Å². The molecular weight excluding hydrogens is 218 g/mol. The van der Waals surface area contributed by atoms with E-state index in [1.54, 1.807) is 0 Å². The van der Waals surface area contributed by atoms with Gasteiger partial charge in [0, 0.05) is 18.5 Å². The molecule has 2 bridgehead atoms. The van der Waals surface area contributed by atoms with Crippen LogP contribution in [0, 0.1) is 17.3 Å². The largest absolute Gasteiger partial charge is 0.467 e. The predicted octanol–water partition coefficient (Wildman–Crippen LogP) is 1.60. The number of methoxy groups -OCH3 is 1. The maximum Gasteiger partial charge on any atom is 0.337 e. The lowest BCUT2D eigenvalue weighted by Crippen LogP contribution is -2.55. The Bertz CT molecular complexity index is 342. The number of esters is 1. The number of carbonyl (C=O) groups is 1. The number of fused-ring (bicyclic) bond motifs is 1. The van der Waals surface area contributed by atoms with Crippen LogP contribution in [0.25, 0.3) is 0 Å². The van der Waals surface area contributed by atoms with Gasteiger partial charge < -0.3 is 4.74 Å². The molecule has 96 valence electrons. The molecule has 3 fully saturated rings. The fraction of sp³-hybridized carbons (Fsp3) is 0.923. The van der Waals surface area contributed by atoms with E-state index in [4.69, 9.17) is 9.57 Å². The van der Waals surface area contributed by atoms with Crippen LogP contribution in [0.5, 0.6) is 0 Å². The Labute approximate surface area is 102 Å². The zero-order chi connectivity index (χ0) is 12.2. The number of carbonyl (C=O) groups excluding carboxylic acids is 1. The Morgan fingerprint density at radius 3 is 2.82 bits per heavy atom. The lowest BCUT2D eigenvalue weighted by molar-refractivity contribution is -0.211. The van der Waals surface area contributed by atoms with E-state index in [1.165, 1.54) is 20.0 Å². The molecule has 4 heteroatoms. The first-order chi connectivity index (χ1) is 8.05. The van der Waals surface area contributed by atoms with Crippen LogP contribution in [0.2, 0.25) is 0 Å². The molecule has 2 heterocycles. The molecule has 4 nitrogen and oxygen atoms in total. The molecule has 0 spiro atoms. The summed E-state index contributed by atoms with van der Waals surface area (Å²) >= 11 is 0. The molecule has 0 aromatic heterocycles. The molecule has 1 saturated carbocycles. The first kappa shape index (κ1) is 11.5. The molecule has 2 saturated heterocycles. The molecule has 3 aliphatic rings. The van der Waals surface area contributed by atoms with Gasteiger partial charge in [-0.1, -0.05) is 13.8 Å². The van der Waals surface area contributed by atoms with Crippen LogP contribution in [-0.2, 0) is 14.4 Å². The average molecular weight is 239 g/mol. The van der Waals surface area contributed by atoms with Gasteiger partial charge in [0.2, 0.25) is 0 Å². The summed E-state index contributed by atoms with van der Waals surface area (Å²) in [5.41, 5.74) is 0.254.